The summed E-state index contributed by atoms with van der Waals surface area (Å²) in [5.74, 6) is 0.821. The number of piperidine rings is 1. The molecular formula is C18H27ClN2. The Labute approximate surface area is 133 Å². The van der Waals surface area contributed by atoms with E-state index in [9.17, 15) is 0 Å². The molecule has 0 bridgehead atoms. The van der Waals surface area contributed by atoms with Crippen molar-refractivity contribution in [2.75, 3.05) is 26.2 Å². The van der Waals surface area contributed by atoms with Gasteiger partial charge in [-0.3, -0.25) is 4.90 Å². The summed E-state index contributed by atoms with van der Waals surface area (Å²) in [6.45, 7) is 7.15. The molecule has 0 saturated carbocycles. The van der Waals surface area contributed by atoms with Gasteiger partial charge in [0.1, 0.15) is 0 Å². The topological polar surface area (TPSA) is 15.3 Å². The van der Waals surface area contributed by atoms with Crippen molar-refractivity contribution in [2.24, 2.45) is 5.92 Å². The van der Waals surface area contributed by atoms with Crippen molar-refractivity contribution in [1.29, 1.82) is 0 Å². The van der Waals surface area contributed by atoms with Crippen LogP contribution in [0.3, 0.4) is 0 Å². The van der Waals surface area contributed by atoms with E-state index in [-0.39, 0.29) is 0 Å². The van der Waals surface area contributed by atoms with Gasteiger partial charge in [-0.15, -0.1) is 0 Å². The third-order valence-corrected chi connectivity index (χ3v) is 5.23. The molecule has 1 aromatic rings. The van der Waals surface area contributed by atoms with Crippen LogP contribution in [-0.4, -0.2) is 31.1 Å². The molecule has 3 rings (SSSR count). The average molecular weight is 307 g/mol. The summed E-state index contributed by atoms with van der Waals surface area (Å²) in [5.41, 5.74) is 2.99. The van der Waals surface area contributed by atoms with Crippen molar-refractivity contribution in [3.63, 3.8) is 0 Å². The molecule has 1 aliphatic heterocycles. The minimum atomic E-state index is 0.610. The highest BCUT2D eigenvalue weighted by Gasteiger charge is 2.29. The van der Waals surface area contributed by atoms with Crippen LogP contribution in [0.4, 0.5) is 0 Å². The summed E-state index contributed by atoms with van der Waals surface area (Å²) in [4.78, 5) is 2.73. The number of nitrogens with one attached hydrogen (secondary N) is 1. The van der Waals surface area contributed by atoms with Crippen LogP contribution in [0, 0.1) is 5.92 Å². The maximum Gasteiger partial charge on any atom is 0.0408 e. The van der Waals surface area contributed by atoms with E-state index in [4.69, 9.17) is 11.6 Å². The molecule has 2 aliphatic rings. The Bertz CT molecular complexity index is 468. The summed E-state index contributed by atoms with van der Waals surface area (Å²) in [7, 11) is 0. The summed E-state index contributed by atoms with van der Waals surface area (Å²) < 4.78 is 0. The standard InChI is InChI=1S/C18H27ClN2/c1-2-10-21(13-14-4-3-9-20-12-14)18-8-5-15-11-16(19)6-7-17(15)18/h6-7,11,14,18,20H,2-5,8-10,12-13H2,1H3. The van der Waals surface area contributed by atoms with Crippen LogP contribution in [0.5, 0.6) is 0 Å². The van der Waals surface area contributed by atoms with Gasteiger partial charge in [0.05, 0.1) is 0 Å². The van der Waals surface area contributed by atoms with Gasteiger partial charge in [0.15, 0.2) is 0 Å². The molecule has 0 radical (unpaired) electrons. The third kappa shape index (κ3) is 3.61. The molecule has 1 saturated heterocycles. The molecule has 1 fully saturated rings. The first-order chi connectivity index (χ1) is 10.3. The molecule has 2 unspecified atom stereocenters. The lowest BCUT2D eigenvalue weighted by Gasteiger charge is -2.34. The first-order valence-electron chi connectivity index (χ1n) is 8.51. The van der Waals surface area contributed by atoms with Crippen LogP contribution >= 0.6 is 11.6 Å². The number of rotatable bonds is 5. The van der Waals surface area contributed by atoms with Crippen molar-refractivity contribution in [3.05, 3.63) is 34.3 Å². The zero-order chi connectivity index (χ0) is 14.7. The van der Waals surface area contributed by atoms with Gasteiger partial charge in [0.25, 0.3) is 0 Å². The van der Waals surface area contributed by atoms with E-state index in [2.05, 4.69) is 35.3 Å². The number of benzene rings is 1. The predicted octanol–water partition coefficient (Wildman–Crippen LogP) is 4.04. The molecule has 1 N–H and O–H groups in total. The minimum absolute atomic E-state index is 0.610. The van der Waals surface area contributed by atoms with Crippen molar-refractivity contribution < 1.29 is 0 Å². The fourth-order valence-electron chi connectivity index (χ4n) is 4.02. The van der Waals surface area contributed by atoms with E-state index in [0.717, 1.165) is 10.9 Å². The Morgan fingerprint density at radius 2 is 2.24 bits per heavy atom. The second kappa shape index (κ2) is 7.13. The van der Waals surface area contributed by atoms with Crippen LogP contribution in [0.25, 0.3) is 0 Å². The zero-order valence-electron chi connectivity index (χ0n) is 13.1. The maximum atomic E-state index is 6.15. The number of fused-ring (bicyclic) bond motifs is 1. The van der Waals surface area contributed by atoms with Crippen LogP contribution < -0.4 is 5.32 Å². The number of hydrogen-bond acceptors (Lipinski definition) is 2. The smallest absolute Gasteiger partial charge is 0.0408 e. The van der Waals surface area contributed by atoms with Crippen LogP contribution in [-0.2, 0) is 6.42 Å². The maximum absolute atomic E-state index is 6.15. The van der Waals surface area contributed by atoms with E-state index in [1.54, 1.807) is 0 Å². The first-order valence-corrected chi connectivity index (χ1v) is 8.89. The lowest BCUT2D eigenvalue weighted by atomic mass is 9.97. The molecule has 1 aromatic carbocycles. The lowest BCUT2D eigenvalue weighted by molar-refractivity contribution is 0.153. The van der Waals surface area contributed by atoms with Crippen LogP contribution in [0.1, 0.15) is 49.8 Å². The van der Waals surface area contributed by atoms with E-state index in [1.165, 1.54) is 69.4 Å². The fourth-order valence-corrected chi connectivity index (χ4v) is 4.21. The summed E-state index contributed by atoms with van der Waals surface area (Å²) in [6.07, 6.45) is 6.40. The minimum Gasteiger partial charge on any atom is -0.316 e. The Hall–Kier alpha value is -0.570. The molecule has 2 atom stereocenters. The number of nitrogens with zero attached hydrogens (tertiary/aromatic N) is 1. The quantitative estimate of drug-likeness (QED) is 0.883. The Morgan fingerprint density at radius 1 is 1.33 bits per heavy atom. The monoisotopic (exact) mass is 306 g/mol. The first kappa shape index (κ1) is 15.3. The van der Waals surface area contributed by atoms with Gasteiger partial charge >= 0.3 is 0 Å². The largest absolute Gasteiger partial charge is 0.316 e. The highest BCUT2D eigenvalue weighted by atomic mass is 35.5. The van der Waals surface area contributed by atoms with Gasteiger partial charge in [0, 0.05) is 17.6 Å². The molecule has 0 amide bonds. The van der Waals surface area contributed by atoms with Crippen molar-refractivity contribution in [1.82, 2.24) is 10.2 Å². The molecule has 3 heteroatoms. The van der Waals surface area contributed by atoms with Gasteiger partial charge in [-0.25, -0.2) is 0 Å². The second-order valence-corrected chi connectivity index (χ2v) is 7.04. The Balaban J connectivity index is 1.72. The molecule has 1 aliphatic carbocycles. The number of hydrogen-bond donors (Lipinski definition) is 1. The summed E-state index contributed by atoms with van der Waals surface area (Å²) in [5, 5.41) is 4.44. The molecule has 1 heterocycles. The van der Waals surface area contributed by atoms with E-state index < -0.39 is 0 Å². The SMILES string of the molecule is CCCN(CC1CCCNC1)C1CCc2cc(Cl)ccc21. The molecule has 2 nitrogen and oxygen atoms in total. The van der Waals surface area contributed by atoms with Crippen molar-refractivity contribution >= 4 is 11.6 Å². The average Bonchev–Trinajstić information content (AvgIpc) is 2.90. The summed E-state index contributed by atoms with van der Waals surface area (Å²) in [6, 6.07) is 7.10. The van der Waals surface area contributed by atoms with Crippen molar-refractivity contribution in [2.45, 2.75) is 45.1 Å². The number of halogens is 1. The van der Waals surface area contributed by atoms with Crippen molar-refractivity contribution in [3.8, 4) is 0 Å². The molecule has 116 valence electrons. The van der Waals surface area contributed by atoms with Crippen LogP contribution in [0.2, 0.25) is 5.02 Å². The molecular weight excluding hydrogens is 280 g/mol. The number of aryl methyl sites for hydroxylation is 1. The third-order valence-electron chi connectivity index (χ3n) is 4.99. The van der Waals surface area contributed by atoms with Gasteiger partial charge in [-0.2, -0.15) is 0 Å². The molecule has 21 heavy (non-hydrogen) atoms. The van der Waals surface area contributed by atoms with E-state index in [1.807, 2.05) is 0 Å². The normalized spacial score (nSPS) is 25.3. The van der Waals surface area contributed by atoms with Gasteiger partial charge in [0.2, 0.25) is 0 Å². The molecule has 0 aromatic heterocycles. The second-order valence-electron chi connectivity index (χ2n) is 6.60. The van der Waals surface area contributed by atoms with E-state index >= 15 is 0 Å². The lowest BCUT2D eigenvalue weighted by Crippen LogP contribution is -2.39. The van der Waals surface area contributed by atoms with Gasteiger partial charge < -0.3 is 5.32 Å². The highest BCUT2D eigenvalue weighted by Crippen LogP contribution is 2.37. The zero-order valence-corrected chi connectivity index (χ0v) is 13.8. The Kier molecular flexibility index (Phi) is 5.20. The fraction of sp³-hybridized carbons (Fsp3) is 0.667. The highest BCUT2D eigenvalue weighted by molar-refractivity contribution is 6.30. The Morgan fingerprint density at radius 3 is 3.00 bits per heavy atom. The van der Waals surface area contributed by atoms with Gasteiger partial charge in [-0.05, 0) is 80.9 Å². The van der Waals surface area contributed by atoms with E-state index in [0.29, 0.717) is 6.04 Å². The van der Waals surface area contributed by atoms with Crippen LogP contribution in [0.15, 0.2) is 18.2 Å². The summed E-state index contributed by atoms with van der Waals surface area (Å²) >= 11 is 6.15. The molecule has 0 spiro atoms. The van der Waals surface area contributed by atoms with Gasteiger partial charge in [-0.1, -0.05) is 24.6 Å². The predicted molar refractivity (Wildman–Crippen MR) is 90.0 cm³/mol.